The lowest BCUT2D eigenvalue weighted by atomic mass is 10.2. The van der Waals surface area contributed by atoms with E-state index in [1.807, 2.05) is 55.5 Å². The predicted molar refractivity (Wildman–Crippen MR) is 125 cm³/mol. The number of nitrogens with one attached hydrogen (secondary N) is 2. The minimum atomic E-state index is -0.236. The second-order valence-corrected chi connectivity index (χ2v) is 7.89. The predicted octanol–water partition coefficient (Wildman–Crippen LogP) is 5.70. The molecular weight excluding hydrogens is 444 g/mol. The summed E-state index contributed by atoms with van der Waals surface area (Å²) < 4.78 is 12.0. The summed E-state index contributed by atoms with van der Waals surface area (Å²) in [7, 11) is 1.58. The van der Waals surface area contributed by atoms with Gasteiger partial charge < -0.3 is 20.1 Å². The quantitative estimate of drug-likeness (QED) is 0.444. The van der Waals surface area contributed by atoms with Crippen LogP contribution in [0.2, 0.25) is 0 Å². The number of carbonyl (C=O) groups is 1. The normalized spacial score (nSPS) is 10.4. The third-order valence-electron chi connectivity index (χ3n) is 4.45. The van der Waals surface area contributed by atoms with Crippen LogP contribution in [0.4, 0.5) is 11.4 Å². The minimum Gasteiger partial charge on any atom is -0.493 e. The molecule has 0 fully saturated rings. The standard InChI is InChI=1S/C24H25BrN2O3/c1-16-6-4-8-19(10-16)26-14-18-12-21(25)24(22(13-18)29-3)30-15-23(28)27-20-9-5-7-17(2)11-20/h4-13,26H,14-15H2,1-3H3,(H,27,28). The molecule has 0 aliphatic carbocycles. The molecule has 3 rings (SSSR count). The summed E-state index contributed by atoms with van der Waals surface area (Å²) in [5.74, 6) is 0.824. The van der Waals surface area contributed by atoms with E-state index >= 15 is 0 Å². The van der Waals surface area contributed by atoms with Crippen molar-refractivity contribution in [2.24, 2.45) is 0 Å². The molecule has 6 heteroatoms. The van der Waals surface area contributed by atoms with E-state index in [1.54, 1.807) is 7.11 Å². The average Bonchev–Trinajstić information content (AvgIpc) is 2.71. The zero-order valence-electron chi connectivity index (χ0n) is 17.3. The molecule has 1 amide bonds. The van der Waals surface area contributed by atoms with Crippen molar-refractivity contribution < 1.29 is 14.3 Å². The Kier molecular flexibility index (Phi) is 7.36. The number of rotatable bonds is 8. The second kappa shape index (κ2) is 10.2. The molecule has 156 valence electrons. The van der Waals surface area contributed by atoms with Crippen LogP contribution in [0.3, 0.4) is 0 Å². The van der Waals surface area contributed by atoms with Gasteiger partial charge in [0.2, 0.25) is 0 Å². The number of halogens is 1. The molecule has 2 N–H and O–H groups in total. The number of methoxy groups -OCH3 is 1. The summed E-state index contributed by atoms with van der Waals surface area (Å²) in [4.78, 5) is 12.3. The van der Waals surface area contributed by atoms with Crippen molar-refractivity contribution in [3.63, 3.8) is 0 Å². The highest BCUT2D eigenvalue weighted by molar-refractivity contribution is 9.10. The Morgan fingerprint density at radius 1 is 0.967 bits per heavy atom. The van der Waals surface area contributed by atoms with E-state index < -0.39 is 0 Å². The lowest BCUT2D eigenvalue weighted by Crippen LogP contribution is -2.20. The van der Waals surface area contributed by atoms with E-state index in [0.29, 0.717) is 18.0 Å². The third kappa shape index (κ3) is 6.00. The fourth-order valence-electron chi connectivity index (χ4n) is 3.03. The first kappa shape index (κ1) is 21.7. The largest absolute Gasteiger partial charge is 0.493 e. The van der Waals surface area contributed by atoms with Gasteiger partial charge in [-0.15, -0.1) is 0 Å². The average molecular weight is 469 g/mol. The van der Waals surface area contributed by atoms with Crippen LogP contribution in [0, 0.1) is 13.8 Å². The van der Waals surface area contributed by atoms with Gasteiger partial charge in [-0.3, -0.25) is 4.79 Å². The van der Waals surface area contributed by atoms with Crippen molar-refractivity contribution in [3.8, 4) is 11.5 Å². The smallest absolute Gasteiger partial charge is 0.262 e. The Balaban J connectivity index is 1.64. The minimum absolute atomic E-state index is 0.121. The van der Waals surface area contributed by atoms with Crippen LogP contribution < -0.4 is 20.1 Å². The summed E-state index contributed by atoms with van der Waals surface area (Å²) in [5.41, 5.74) is 5.10. The van der Waals surface area contributed by atoms with Gasteiger partial charge in [0, 0.05) is 17.9 Å². The third-order valence-corrected chi connectivity index (χ3v) is 5.04. The number of benzene rings is 3. The summed E-state index contributed by atoms with van der Waals surface area (Å²) in [6.45, 7) is 4.55. The highest BCUT2D eigenvalue weighted by atomic mass is 79.9. The van der Waals surface area contributed by atoms with Crippen molar-refractivity contribution >= 4 is 33.2 Å². The van der Waals surface area contributed by atoms with Crippen LogP contribution in [-0.4, -0.2) is 19.6 Å². The Labute approximate surface area is 185 Å². The molecule has 0 radical (unpaired) electrons. The maximum Gasteiger partial charge on any atom is 0.262 e. The SMILES string of the molecule is COc1cc(CNc2cccc(C)c2)cc(Br)c1OCC(=O)Nc1cccc(C)c1. The Morgan fingerprint density at radius 2 is 1.63 bits per heavy atom. The zero-order chi connectivity index (χ0) is 21.5. The molecule has 0 saturated heterocycles. The number of aryl methyl sites for hydroxylation is 2. The first-order chi connectivity index (χ1) is 14.4. The highest BCUT2D eigenvalue weighted by Gasteiger charge is 2.14. The van der Waals surface area contributed by atoms with E-state index in [0.717, 1.165) is 27.0 Å². The number of ether oxygens (including phenoxy) is 2. The van der Waals surface area contributed by atoms with Crippen LogP contribution in [0.25, 0.3) is 0 Å². The van der Waals surface area contributed by atoms with E-state index in [1.165, 1.54) is 5.56 Å². The molecule has 0 heterocycles. The first-order valence-electron chi connectivity index (χ1n) is 9.61. The van der Waals surface area contributed by atoms with Crippen molar-refractivity contribution in [2.75, 3.05) is 24.4 Å². The van der Waals surface area contributed by atoms with Gasteiger partial charge in [-0.2, -0.15) is 0 Å². The second-order valence-electron chi connectivity index (χ2n) is 7.04. The van der Waals surface area contributed by atoms with Gasteiger partial charge >= 0.3 is 0 Å². The van der Waals surface area contributed by atoms with Crippen LogP contribution in [0.5, 0.6) is 11.5 Å². The van der Waals surface area contributed by atoms with Crippen molar-refractivity contribution in [2.45, 2.75) is 20.4 Å². The number of hydrogen-bond donors (Lipinski definition) is 2. The topological polar surface area (TPSA) is 59.6 Å². The molecule has 0 atom stereocenters. The van der Waals surface area contributed by atoms with Gasteiger partial charge in [-0.1, -0.05) is 24.3 Å². The number of amides is 1. The lowest BCUT2D eigenvalue weighted by Gasteiger charge is -2.15. The van der Waals surface area contributed by atoms with Crippen molar-refractivity contribution in [3.05, 3.63) is 81.8 Å². The van der Waals surface area contributed by atoms with Crippen molar-refractivity contribution in [1.82, 2.24) is 0 Å². The molecule has 0 saturated carbocycles. The van der Waals surface area contributed by atoms with Crippen LogP contribution in [0.1, 0.15) is 16.7 Å². The van der Waals surface area contributed by atoms with Gasteiger partial charge in [-0.25, -0.2) is 0 Å². The maximum atomic E-state index is 12.3. The van der Waals surface area contributed by atoms with Gasteiger partial charge in [0.25, 0.3) is 5.91 Å². The molecule has 3 aromatic rings. The Hall–Kier alpha value is -2.99. The first-order valence-corrected chi connectivity index (χ1v) is 10.4. The van der Waals surface area contributed by atoms with Crippen LogP contribution in [-0.2, 0) is 11.3 Å². The van der Waals surface area contributed by atoms with Gasteiger partial charge in [0.15, 0.2) is 18.1 Å². The molecule has 0 unspecified atom stereocenters. The summed E-state index contributed by atoms with van der Waals surface area (Å²) in [6, 6.07) is 19.7. The van der Waals surface area contributed by atoms with E-state index in [-0.39, 0.29) is 12.5 Å². The van der Waals surface area contributed by atoms with Crippen molar-refractivity contribution in [1.29, 1.82) is 0 Å². The van der Waals surface area contributed by atoms with E-state index in [2.05, 4.69) is 45.6 Å². The Bertz CT molecular complexity index is 1040. The summed E-state index contributed by atoms with van der Waals surface area (Å²) in [6.07, 6.45) is 0. The molecule has 5 nitrogen and oxygen atoms in total. The molecule has 0 spiro atoms. The molecule has 0 bridgehead atoms. The zero-order valence-corrected chi connectivity index (χ0v) is 18.9. The number of carbonyl (C=O) groups excluding carboxylic acids is 1. The summed E-state index contributed by atoms with van der Waals surface area (Å²) in [5, 5.41) is 6.23. The lowest BCUT2D eigenvalue weighted by molar-refractivity contribution is -0.118. The van der Waals surface area contributed by atoms with Crippen LogP contribution in [0.15, 0.2) is 65.1 Å². The fraction of sp³-hybridized carbons (Fsp3) is 0.208. The van der Waals surface area contributed by atoms with Gasteiger partial charge in [-0.05, 0) is 82.9 Å². The number of hydrogen-bond acceptors (Lipinski definition) is 4. The van der Waals surface area contributed by atoms with E-state index in [9.17, 15) is 4.79 Å². The molecule has 30 heavy (non-hydrogen) atoms. The maximum absolute atomic E-state index is 12.3. The molecule has 0 aromatic heterocycles. The van der Waals surface area contributed by atoms with Gasteiger partial charge in [0.1, 0.15) is 0 Å². The highest BCUT2D eigenvalue weighted by Crippen LogP contribution is 2.37. The molecule has 3 aromatic carbocycles. The van der Waals surface area contributed by atoms with Crippen LogP contribution >= 0.6 is 15.9 Å². The molecular formula is C24H25BrN2O3. The summed E-state index contributed by atoms with van der Waals surface area (Å²) >= 11 is 3.54. The number of anilines is 2. The molecule has 0 aliphatic rings. The van der Waals surface area contributed by atoms with E-state index in [4.69, 9.17) is 9.47 Å². The van der Waals surface area contributed by atoms with Gasteiger partial charge in [0.05, 0.1) is 11.6 Å². The monoisotopic (exact) mass is 468 g/mol. The fourth-order valence-corrected chi connectivity index (χ4v) is 3.64. The molecule has 0 aliphatic heterocycles. The Morgan fingerprint density at radius 3 is 2.30 bits per heavy atom.